The molecule has 12 heteroatoms. The maximum atomic E-state index is 13.9. The number of carbonyl (C=O) groups is 1. The van der Waals surface area contributed by atoms with Crippen molar-refractivity contribution >= 4 is 37.6 Å². The average molecular weight is 578 g/mol. The summed E-state index contributed by atoms with van der Waals surface area (Å²) in [6.45, 7) is 3.08. The molecule has 0 bridgehead atoms. The van der Waals surface area contributed by atoms with Gasteiger partial charge in [-0.05, 0) is 65.4 Å². The Labute approximate surface area is 227 Å². The molecule has 2 aromatic carbocycles. The van der Waals surface area contributed by atoms with Crippen LogP contribution >= 0.6 is 11.6 Å². The molecule has 202 valence electrons. The Morgan fingerprint density at radius 3 is 2.55 bits per heavy atom. The third-order valence-electron chi connectivity index (χ3n) is 6.66. The van der Waals surface area contributed by atoms with Crippen molar-refractivity contribution in [2.75, 3.05) is 25.4 Å². The molecule has 1 saturated heterocycles. The van der Waals surface area contributed by atoms with Crippen LogP contribution in [0.4, 0.5) is 0 Å². The van der Waals surface area contributed by atoms with Gasteiger partial charge in [0.25, 0.3) is 0 Å². The van der Waals surface area contributed by atoms with Crippen LogP contribution in [0.3, 0.4) is 0 Å². The van der Waals surface area contributed by atoms with Crippen LogP contribution in [-0.2, 0) is 31.3 Å². The van der Waals surface area contributed by atoms with Crippen LogP contribution in [0.2, 0.25) is 5.02 Å². The highest BCUT2D eigenvalue weighted by molar-refractivity contribution is 7.90. The van der Waals surface area contributed by atoms with Gasteiger partial charge in [-0.1, -0.05) is 42.8 Å². The number of pyridine rings is 1. The molecule has 0 aliphatic carbocycles. The minimum absolute atomic E-state index is 0.0374. The lowest BCUT2D eigenvalue weighted by atomic mass is 9.96. The minimum atomic E-state index is -4.16. The zero-order chi connectivity index (χ0) is 27.7. The molecule has 0 radical (unpaired) electrons. The van der Waals surface area contributed by atoms with E-state index in [2.05, 4.69) is 4.98 Å². The van der Waals surface area contributed by atoms with Gasteiger partial charge in [-0.15, -0.1) is 0 Å². The monoisotopic (exact) mass is 577 g/mol. The first-order valence-electron chi connectivity index (χ1n) is 12.0. The Morgan fingerprint density at radius 2 is 1.84 bits per heavy atom. The molecule has 2 heterocycles. The van der Waals surface area contributed by atoms with E-state index >= 15 is 0 Å². The molecular formula is C26H28ClN3O6S2. The van der Waals surface area contributed by atoms with E-state index in [1.165, 1.54) is 10.4 Å². The minimum Gasteiger partial charge on any atom is -0.480 e. The molecule has 1 N–H and O–H groups in total. The van der Waals surface area contributed by atoms with Gasteiger partial charge in [-0.25, -0.2) is 16.8 Å². The molecule has 0 amide bonds. The van der Waals surface area contributed by atoms with Crippen molar-refractivity contribution in [2.24, 2.45) is 0 Å². The van der Waals surface area contributed by atoms with Crippen LogP contribution in [-0.4, -0.2) is 66.9 Å². The number of carboxylic acid groups (broad SMARTS) is 1. The van der Waals surface area contributed by atoms with E-state index in [-0.39, 0.29) is 24.5 Å². The van der Waals surface area contributed by atoms with Crippen molar-refractivity contribution in [1.29, 1.82) is 0 Å². The summed E-state index contributed by atoms with van der Waals surface area (Å²) in [7, 11) is -8.26. The predicted octanol–water partition coefficient (Wildman–Crippen LogP) is 3.73. The van der Waals surface area contributed by atoms with Crippen LogP contribution in [0.1, 0.15) is 29.7 Å². The van der Waals surface area contributed by atoms with Gasteiger partial charge in [-0.2, -0.15) is 8.61 Å². The molecule has 1 fully saturated rings. The Balaban J connectivity index is 1.83. The molecular weight excluding hydrogens is 550 g/mol. The Hall–Kier alpha value is -2.83. The molecule has 9 nitrogen and oxygen atoms in total. The quantitative estimate of drug-likeness (QED) is 0.432. The molecule has 1 unspecified atom stereocenters. The van der Waals surface area contributed by atoms with Gasteiger partial charge in [0.05, 0.1) is 10.9 Å². The standard InChI is InChI=1S/C26H28ClN3O6S2/c1-3-19-15-28-11-10-22(19)20-6-4-7-21(14-20)24-16-29(37(33,34)17-26(31)32)12-13-30(24)38(35,36)25-9-5-8-23(27)18(25)2/h4-11,14-15,24H,3,12-13,16-17H2,1-2H3,(H,31,32). The Morgan fingerprint density at radius 1 is 1.11 bits per heavy atom. The molecule has 4 rings (SSSR count). The lowest BCUT2D eigenvalue weighted by Gasteiger charge is -2.40. The number of hydrogen-bond donors (Lipinski definition) is 1. The molecule has 1 aliphatic rings. The molecule has 0 spiro atoms. The van der Waals surface area contributed by atoms with Crippen molar-refractivity contribution in [1.82, 2.24) is 13.6 Å². The molecule has 0 saturated carbocycles. The zero-order valence-electron chi connectivity index (χ0n) is 20.9. The summed E-state index contributed by atoms with van der Waals surface area (Å²) in [6, 6.07) is 12.9. The van der Waals surface area contributed by atoms with E-state index in [1.54, 1.807) is 43.6 Å². The highest BCUT2D eigenvalue weighted by Gasteiger charge is 2.41. The number of carboxylic acids is 1. The largest absolute Gasteiger partial charge is 0.480 e. The molecule has 38 heavy (non-hydrogen) atoms. The van der Waals surface area contributed by atoms with Gasteiger partial charge in [0.15, 0.2) is 5.75 Å². The number of aryl methyl sites for hydroxylation is 1. The summed E-state index contributed by atoms with van der Waals surface area (Å²) in [5.74, 6) is -2.55. The van der Waals surface area contributed by atoms with Crippen LogP contribution < -0.4 is 0 Å². The predicted molar refractivity (Wildman–Crippen MR) is 145 cm³/mol. The molecule has 1 atom stereocenters. The highest BCUT2D eigenvalue weighted by atomic mass is 35.5. The van der Waals surface area contributed by atoms with Crippen LogP contribution in [0.15, 0.2) is 65.8 Å². The van der Waals surface area contributed by atoms with Gasteiger partial charge in [0.2, 0.25) is 20.0 Å². The van der Waals surface area contributed by atoms with Crippen molar-refractivity contribution in [3.05, 3.63) is 82.6 Å². The fraction of sp³-hybridized carbons (Fsp3) is 0.308. The number of hydrogen-bond acceptors (Lipinski definition) is 6. The maximum absolute atomic E-state index is 13.9. The fourth-order valence-corrected chi connectivity index (χ4v) is 8.00. The summed E-state index contributed by atoms with van der Waals surface area (Å²) in [5, 5.41) is 9.43. The third kappa shape index (κ3) is 5.62. The van der Waals surface area contributed by atoms with E-state index in [1.807, 2.05) is 25.1 Å². The SMILES string of the molecule is CCc1cnccc1-c1cccc(C2CN(S(=O)(=O)CC(=O)O)CCN2S(=O)(=O)c2cccc(Cl)c2C)c1. The number of halogens is 1. The topological polar surface area (TPSA) is 125 Å². The van der Waals surface area contributed by atoms with Crippen molar-refractivity contribution in [2.45, 2.75) is 31.2 Å². The molecule has 1 aromatic heterocycles. The van der Waals surface area contributed by atoms with Crippen LogP contribution in [0.5, 0.6) is 0 Å². The van der Waals surface area contributed by atoms with E-state index in [0.29, 0.717) is 16.1 Å². The average Bonchev–Trinajstić information content (AvgIpc) is 2.89. The first-order chi connectivity index (χ1) is 18.0. The molecule has 1 aliphatic heterocycles. The summed E-state index contributed by atoms with van der Waals surface area (Å²) >= 11 is 6.23. The number of rotatable bonds is 8. The van der Waals surface area contributed by atoms with Crippen molar-refractivity contribution in [3.63, 3.8) is 0 Å². The second kappa shape index (κ2) is 11.1. The summed E-state index contributed by atoms with van der Waals surface area (Å²) < 4.78 is 55.8. The van der Waals surface area contributed by atoms with Crippen molar-refractivity contribution in [3.8, 4) is 11.1 Å². The third-order valence-corrected chi connectivity index (χ3v) is 10.9. The summed E-state index contributed by atoms with van der Waals surface area (Å²) in [4.78, 5) is 15.4. The zero-order valence-corrected chi connectivity index (χ0v) is 23.3. The van der Waals surface area contributed by atoms with E-state index in [4.69, 9.17) is 16.7 Å². The van der Waals surface area contributed by atoms with Crippen molar-refractivity contribution < 1.29 is 26.7 Å². The normalized spacial score (nSPS) is 17.4. The first kappa shape index (κ1) is 28.2. The number of nitrogens with zero attached hydrogens (tertiary/aromatic N) is 3. The highest BCUT2D eigenvalue weighted by Crippen LogP contribution is 2.36. The van der Waals surface area contributed by atoms with Gasteiger partial charge in [-0.3, -0.25) is 9.78 Å². The lowest BCUT2D eigenvalue weighted by Crippen LogP contribution is -2.53. The fourth-order valence-electron chi connectivity index (χ4n) is 4.70. The number of aliphatic carboxylic acids is 1. The number of piperazine rings is 1. The van der Waals surface area contributed by atoms with Gasteiger partial charge >= 0.3 is 5.97 Å². The van der Waals surface area contributed by atoms with E-state index in [0.717, 1.165) is 27.4 Å². The van der Waals surface area contributed by atoms with E-state index in [9.17, 15) is 21.6 Å². The second-order valence-corrected chi connectivity index (χ2v) is 13.2. The van der Waals surface area contributed by atoms with Gasteiger partial charge < -0.3 is 5.11 Å². The maximum Gasteiger partial charge on any atom is 0.320 e. The Kier molecular flexibility index (Phi) is 8.24. The Bertz CT molecular complexity index is 1580. The first-order valence-corrected chi connectivity index (χ1v) is 15.4. The second-order valence-electron chi connectivity index (χ2n) is 9.01. The smallest absolute Gasteiger partial charge is 0.320 e. The molecule has 3 aromatic rings. The van der Waals surface area contributed by atoms with E-state index < -0.39 is 37.8 Å². The number of aromatic nitrogens is 1. The summed E-state index contributed by atoms with van der Waals surface area (Å²) in [6.07, 6.45) is 4.20. The van der Waals surface area contributed by atoms with Gasteiger partial charge in [0, 0.05) is 37.1 Å². The van der Waals surface area contributed by atoms with Crippen LogP contribution in [0, 0.1) is 6.92 Å². The summed E-state index contributed by atoms with van der Waals surface area (Å²) in [5.41, 5.74) is 3.77. The van der Waals surface area contributed by atoms with Gasteiger partial charge in [0.1, 0.15) is 0 Å². The lowest BCUT2D eigenvalue weighted by molar-refractivity contribution is -0.134. The van der Waals surface area contributed by atoms with Crippen LogP contribution in [0.25, 0.3) is 11.1 Å². The number of sulfonamides is 2. The number of benzene rings is 2.